The van der Waals surface area contributed by atoms with Crippen LogP contribution in [0.1, 0.15) is 33.1 Å². The molecule has 1 rings (SSSR count). The van der Waals surface area contributed by atoms with Gasteiger partial charge >= 0.3 is 0 Å². The monoisotopic (exact) mass is 153 g/mol. The van der Waals surface area contributed by atoms with Gasteiger partial charge in [-0.05, 0) is 37.0 Å². The molecule has 0 aromatic carbocycles. The lowest BCUT2D eigenvalue weighted by Gasteiger charge is -2.14. The molecule has 0 aromatic rings. The highest BCUT2D eigenvalue weighted by Gasteiger charge is 2.27. The lowest BCUT2D eigenvalue weighted by atomic mass is 9.93. The second-order valence-corrected chi connectivity index (χ2v) is 4.09. The smallest absolute Gasteiger partial charge is 0.00391 e. The maximum absolute atomic E-state index is 5.67. The number of nitrogens with two attached hydrogens (primary N) is 1. The highest BCUT2D eigenvalue weighted by Crippen LogP contribution is 2.37. The van der Waals surface area contributed by atoms with Crippen molar-refractivity contribution in [2.75, 3.05) is 0 Å². The maximum atomic E-state index is 5.67. The van der Waals surface area contributed by atoms with Crippen molar-refractivity contribution in [3.8, 4) is 0 Å². The van der Waals surface area contributed by atoms with Gasteiger partial charge in [-0.25, -0.2) is 0 Å². The Balaban J connectivity index is 2.41. The van der Waals surface area contributed by atoms with Crippen LogP contribution < -0.4 is 5.73 Å². The molecular formula is C10H19N. The minimum Gasteiger partial charge on any atom is -0.402 e. The number of hydrogen-bond donors (Lipinski definition) is 1. The second kappa shape index (κ2) is 3.29. The Hall–Kier alpha value is -0.460. The third-order valence-electron chi connectivity index (χ3n) is 2.94. The molecule has 0 bridgehead atoms. The molecule has 1 aliphatic rings. The summed E-state index contributed by atoms with van der Waals surface area (Å²) in [6.45, 7) is 8.40. The molecule has 0 amide bonds. The molecule has 1 nitrogen and oxygen atoms in total. The van der Waals surface area contributed by atoms with E-state index in [1.807, 2.05) is 0 Å². The molecule has 11 heavy (non-hydrogen) atoms. The van der Waals surface area contributed by atoms with Crippen molar-refractivity contribution in [2.24, 2.45) is 23.5 Å². The van der Waals surface area contributed by atoms with Crippen LogP contribution in [0.15, 0.2) is 12.3 Å². The highest BCUT2D eigenvalue weighted by molar-refractivity contribution is 4.98. The van der Waals surface area contributed by atoms with Gasteiger partial charge in [-0.3, -0.25) is 0 Å². The van der Waals surface area contributed by atoms with E-state index in [4.69, 9.17) is 5.73 Å². The molecule has 1 saturated carbocycles. The fraction of sp³-hybridized carbons (Fsp3) is 0.800. The minimum atomic E-state index is 0.613. The molecule has 0 saturated heterocycles. The molecule has 2 atom stereocenters. The van der Waals surface area contributed by atoms with Crippen molar-refractivity contribution in [1.82, 2.24) is 0 Å². The van der Waals surface area contributed by atoms with Crippen molar-refractivity contribution in [1.29, 1.82) is 0 Å². The maximum Gasteiger partial charge on any atom is 0.00391 e. The molecule has 1 aliphatic carbocycles. The third kappa shape index (κ3) is 1.98. The first-order chi connectivity index (χ1) is 5.11. The van der Waals surface area contributed by atoms with Crippen LogP contribution in [0, 0.1) is 17.8 Å². The van der Waals surface area contributed by atoms with Gasteiger partial charge in [-0.15, -0.1) is 0 Å². The molecule has 64 valence electrons. The van der Waals surface area contributed by atoms with E-state index in [1.165, 1.54) is 19.3 Å². The van der Waals surface area contributed by atoms with Crippen molar-refractivity contribution >= 4 is 0 Å². The molecule has 1 fully saturated rings. The fourth-order valence-electron chi connectivity index (χ4n) is 1.96. The quantitative estimate of drug-likeness (QED) is 0.648. The van der Waals surface area contributed by atoms with Crippen molar-refractivity contribution in [3.05, 3.63) is 12.3 Å². The summed E-state index contributed by atoms with van der Waals surface area (Å²) in [5, 5.41) is 0. The Morgan fingerprint density at radius 2 is 2.09 bits per heavy atom. The molecule has 0 radical (unpaired) electrons. The van der Waals surface area contributed by atoms with Crippen molar-refractivity contribution < 1.29 is 0 Å². The van der Waals surface area contributed by atoms with E-state index in [1.54, 1.807) is 0 Å². The molecule has 0 spiro atoms. The van der Waals surface area contributed by atoms with Crippen LogP contribution in [0.5, 0.6) is 0 Å². The zero-order valence-electron chi connectivity index (χ0n) is 7.64. The zero-order chi connectivity index (χ0) is 8.43. The number of rotatable bonds is 2. The Kier molecular flexibility index (Phi) is 2.58. The third-order valence-corrected chi connectivity index (χ3v) is 2.94. The molecule has 2 N–H and O–H groups in total. The standard InChI is InChI=1S/C10H19N/c1-7(2)9-4-5-10(6-9)8(3)11/h7,9-10H,3-6,11H2,1-2H3. The van der Waals surface area contributed by atoms with E-state index in [9.17, 15) is 0 Å². The van der Waals surface area contributed by atoms with Gasteiger partial charge in [0.05, 0.1) is 0 Å². The van der Waals surface area contributed by atoms with Crippen LogP contribution in [0.4, 0.5) is 0 Å². The van der Waals surface area contributed by atoms with Gasteiger partial charge in [0.25, 0.3) is 0 Å². The summed E-state index contributed by atoms with van der Waals surface area (Å²) in [6, 6.07) is 0. The van der Waals surface area contributed by atoms with Crippen molar-refractivity contribution in [2.45, 2.75) is 33.1 Å². The second-order valence-electron chi connectivity index (χ2n) is 4.09. The van der Waals surface area contributed by atoms with Crippen LogP contribution in [-0.2, 0) is 0 Å². The van der Waals surface area contributed by atoms with Crippen LogP contribution in [-0.4, -0.2) is 0 Å². The van der Waals surface area contributed by atoms with Crippen molar-refractivity contribution in [3.63, 3.8) is 0 Å². The van der Waals surface area contributed by atoms with Gasteiger partial charge in [-0.2, -0.15) is 0 Å². The predicted octanol–water partition coefficient (Wildman–Crippen LogP) is 2.53. The number of hydrogen-bond acceptors (Lipinski definition) is 1. The average molecular weight is 153 g/mol. The predicted molar refractivity (Wildman–Crippen MR) is 49.0 cm³/mol. The first kappa shape index (κ1) is 8.63. The normalized spacial score (nSPS) is 31.2. The van der Waals surface area contributed by atoms with E-state index in [0.29, 0.717) is 5.92 Å². The minimum absolute atomic E-state index is 0.613. The Morgan fingerprint density at radius 1 is 1.45 bits per heavy atom. The summed E-state index contributed by atoms with van der Waals surface area (Å²) in [5.74, 6) is 2.32. The summed E-state index contributed by atoms with van der Waals surface area (Å²) in [5.41, 5.74) is 6.56. The highest BCUT2D eigenvalue weighted by atomic mass is 14.6. The molecule has 0 aromatic heterocycles. The number of allylic oxidation sites excluding steroid dienone is 1. The van der Waals surface area contributed by atoms with Crippen LogP contribution in [0.3, 0.4) is 0 Å². The van der Waals surface area contributed by atoms with E-state index in [2.05, 4.69) is 20.4 Å². The summed E-state index contributed by atoms with van der Waals surface area (Å²) in [4.78, 5) is 0. The molecule has 0 aliphatic heterocycles. The topological polar surface area (TPSA) is 26.0 Å². The van der Waals surface area contributed by atoms with Gasteiger partial charge < -0.3 is 5.73 Å². The van der Waals surface area contributed by atoms with Crippen LogP contribution in [0.2, 0.25) is 0 Å². The first-order valence-electron chi connectivity index (χ1n) is 4.55. The van der Waals surface area contributed by atoms with E-state index >= 15 is 0 Å². The van der Waals surface area contributed by atoms with Crippen LogP contribution >= 0.6 is 0 Å². The molecule has 1 heteroatoms. The van der Waals surface area contributed by atoms with Gasteiger partial charge in [0.1, 0.15) is 0 Å². The van der Waals surface area contributed by atoms with Gasteiger partial charge in [0.15, 0.2) is 0 Å². The molecule has 0 heterocycles. The molecule has 2 unspecified atom stereocenters. The van der Waals surface area contributed by atoms with Gasteiger partial charge in [0, 0.05) is 5.70 Å². The van der Waals surface area contributed by atoms with E-state index in [-0.39, 0.29) is 0 Å². The lowest BCUT2D eigenvalue weighted by Crippen LogP contribution is -2.09. The molecular weight excluding hydrogens is 134 g/mol. The van der Waals surface area contributed by atoms with Crippen LogP contribution in [0.25, 0.3) is 0 Å². The van der Waals surface area contributed by atoms with Gasteiger partial charge in [-0.1, -0.05) is 20.4 Å². The average Bonchev–Trinajstić information content (AvgIpc) is 2.33. The summed E-state index contributed by atoms with van der Waals surface area (Å²) < 4.78 is 0. The summed E-state index contributed by atoms with van der Waals surface area (Å²) >= 11 is 0. The van der Waals surface area contributed by atoms with E-state index in [0.717, 1.165) is 17.5 Å². The fourth-order valence-corrected chi connectivity index (χ4v) is 1.96. The Morgan fingerprint density at radius 3 is 2.36 bits per heavy atom. The first-order valence-corrected chi connectivity index (χ1v) is 4.55. The lowest BCUT2D eigenvalue weighted by molar-refractivity contribution is 0.386. The van der Waals surface area contributed by atoms with Gasteiger partial charge in [0.2, 0.25) is 0 Å². The summed E-state index contributed by atoms with van der Waals surface area (Å²) in [6.07, 6.45) is 3.88. The Bertz CT molecular complexity index is 149. The zero-order valence-corrected chi connectivity index (χ0v) is 7.64. The van der Waals surface area contributed by atoms with E-state index < -0.39 is 0 Å². The SMILES string of the molecule is C=C(N)C1CCC(C(C)C)C1. The Labute approximate surface area is 69.7 Å². The largest absolute Gasteiger partial charge is 0.402 e. The summed E-state index contributed by atoms with van der Waals surface area (Å²) in [7, 11) is 0.